The van der Waals surface area contributed by atoms with Crippen molar-refractivity contribution in [3.05, 3.63) is 17.4 Å². The van der Waals surface area contributed by atoms with Gasteiger partial charge in [-0.1, -0.05) is 18.5 Å². The number of halogens is 1. The largest absolute Gasteiger partial charge is 0.354 e. The summed E-state index contributed by atoms with van der Waals surface area (Å²) < 4.78 is 0. The molecule has 0 aromatic carbocycles. The van der Waals surface area contributed by atoms with Crippen LogP contribution in [0, 0.1) is 5.92 Å². The number of rotatable bonds is 4. The van der Waals surface area contributed by atoms with Crippen molar-refractivity contribution in [2.75, 3.05) is 31.5 Å². The summed E-state index contributed by atoms with van der Waals surface area (Å²) in [6.07, 6.45) is 5.76. The summed E-state index contributed by atoms with van der Waals surface area (Å²) in [6, 6.07) is 0. The van der Waals surface area contributed by atoms with Crippen molar-refractivity contribution in [3.8, 4) is 0 Å². The second-order valence-electron chi connectivity index (χ2n) is 4.48. The summed E-state index contributed by atoms with van der Waals surface area (Å²) in [4.78, 5) is 10.8. The predicted molar refractivity (Wildman–Crippen MR) is 70.4 cm³/mol. The molecule has 0 saturated carbocycles. The Labute approximate surface area is 107 Å². The number of hydrogen-bond acceptors (Lipinski definition) is 4. The van der Waals surface area contributed by atoms with Crippen LogP contribution >= 0.6 is 11.6 Å². The molecule has 0 atom stereocenters. The van der Waals surface area contributed by atoms with E-state index in [0.29, 0.717) is 11.0 Å². The standard InChI is InChI=1S/C12H19ClN4/c1-2-17-5-3-10(4-6-17)7-14-12-15-8-11(13)9-16-12/h8-10H,2-7H2,1H3,(H,14,15,16). The summed E-state index contributed by atoms with van der Waals surface area (Å²) in [7, 11) is 0. The van der Waals surface area contributed by atoms with Crippen LogP contribution < -0.4 is 5.32 Å². The molecule has 1 aliphatic rings. The molecule has 17 heavy (non-hydrogen) atoms. The van der Waals surface area contributed by atoms with Crippen LogP contribution in [0.1, 0.15) is 19.8 Å². The first-order valence-corrected chi connectivity index (χ1v) is 6.59. The SMILES string of the molecule is CCN1CCC(CNc2ncc(Cl)cn2)CC1. The molecule has 0 aliphatic carbocycles. The number of nitrogens with one attached hydrogen (secondary N) is 1. The predicted octanol–water partition coefficient (Wildman–Crippen LogP) is 2.27. The van der Waals surface area contributed by atoms with E-state index in [4.69, 9.17) is 11.6 Å². The van der Waals surface area contributed by atoms with Gasteiger partial charge < -0.3 is 10.2 Å². The first kappa shape index (κ1) is 12.6. The second-order valence-corrected chi connectivity index (χ2v) is 4.92. The minimum Gasteiger partial charge on any atom is -0.354 e. The Bertz CT molecular complexity index is 333. The Hall–Kier alpha value is -0.870. The topological polar surface area (TPSA) is 41.0 Å². The molecule has 1 aromatic heterocycles. The van der Waals surface area contributed by atoms with Gasteiger partial charge in [-0.15, -0.1) is 0 Å². The fourth-order valence-corrected chi connectivity index (χ4v) is 2.24. The van der Waals surface area contributed by atoms with E-state index in [2.05, 4.69) is 27.1 Å². The third kappa shape index (κ3) is 3.82. The first-order chi connectivity index (χ1) is 8.28. The van der Waals surface area contributed by atoms with Gasteiger partial charge in [-0.3, -0.25) is 0 Å². The zero-order chi connectivity index (χ0) is 12.1. The molecule has 4 nitrogen and oxygen atoms in total. The Morgan fingerprint density at radius 2 is 2.00 bits per heavy atom. The maximum atomic E-state index is 5.73. The van der Waals surface area contributed by atoms with Crippen LogP contribution in [0.15, 0.2) is 12.4 Å². The summed E-state index contributed by atoms with van der Waals surface area (Å²) in [6.45, 7) is 6.77. The van der Waals surface area contributed by atoms with Crippen LogP contribution in [0.5, 0.6) is 0 Å². The van der Waals surface area contributed by atoms with Gasteiger partial charge in [0.25, 0.3) is 0 Å². The lowest BCUT2D eigenvalue weighted by Crippen LogP contribution is -2.35. The van der Waals surface area contributed by atoms with Crippen LogP contribution in [0.2, 0.25) is 5.02 Å². The summed E-state index contributed by atoms with van der Waals surface area (Å²) >= 11 is 5.73. The van der Waals surface area contributed by atoms with Gasteiger partial charge in [-0.2, -0.15) is 0 Å². The molecule has 0 unspecified atom stereocenters. The van der Waals surface area contributed by atoms with E-state index in [9.17, 15) is 0 Å². The Kier molecular flexibility index (Phi) is 4.57. The molecular weight excluding hydrogens is 236 g/mol. The van der Waals surface area contributed by atoms with Crippen LogP contribution in [0.4, 0.5) is 5.95 Å². The van der Waals surface area contributed by atoms with E-state index in [1.54, 1.807) is 12.4 Å². The summed E-state index contributed by atoms with van der Waals surface area (Å²) in [5, 5.41) is 3.85. The molecule has 0 amide bonds. The van der Waals surface area contributed by atoms with E-state index in [-0.39, 0.29) is 0 Å². The van der Waals surface area contributed by atoms with E-state index < -0.39 is 0 Å². The summed E-state index contributed by atoms with van der Waals surface area (Å²) in [5.41, 5.74) is 0. The van der Waals surface area contributed by atoms with Gasteiger partial charge in [0.05, 0.1) is 17.4 Å². The Morgan fingerprint density at radius 3 is 2.59 bits per heavy atom. The molecule has 1 aliphatic heterocycles. The fourth-order valence-electron chi connectivity index (χ4n) is 2.15. The van der Waals surface area contributed by atoms with Crippen molar-refractivity contribution >= 4 is 17.5 Å². The Balaban J connectivity index is 1.74. The molecular formula is C12H19ClN4. The van der Waals surface area contributed by atoms with Crippen LogP contribution in [-0.2, 0) is 0 Å². The highest BCUT2D eigenvalue weighted by Gasteiger charge is 2.17. The average Bonchev–Trinajstić information content (AvgIpc) is 2.39. The molecule has 1 N–H and O–H groups in total. The number of hydrogen-bond donors (Lipinski definition) is 1. The lowest BCUT2D eigenvalue weighted by atomic mass is 9.97. The van der Waals surface area contributed by atoms with Gasteiger partial charge in [0.15, 0.2) is 0 Å². The summed E-state index contributed by atoms with van der Waals surface area (Å²) in [5.74, 6) is 1.41. The number of likely N-dealkylation sites (tertiary alicyclic amines) is 1. The van der Waals surface area contributed by atoms with Gasteiger partial charge in [0, 0.05) is 6.54 Å². The number of anilines is 1. The van der Waals surface area contributed by atoms with E-state index in [1.165, 1.54) is 32.5 Å². The van der Waals surface area contributed by atoms with Crippen LogP contribution in [0.3, 0.4) is 0 Å². The molecule has 1 fully saturated rings. The minimum atomic E-state index is 0.576. The molecule has 1 aromatic rings. The van der Waals surface area contributed by atoms with Crippen LogP contribution in [0.25, 0.3) is 0 Å². The van der Waals surface area contributed by atoms with E-state index >= 15 is 0 Å². The average molecular weight is 255 g/mol. The lowest BCUT2D eigenvalue weighted by molar-refractivity contribution is 0.198. The third-order valence-corrected chi connectivity index (χ3v) is 3.52. The van der Waals surface area contributed by atoms with Crippen molar-refractivity contribution in [3.63, 3.8) is 0 Å². The van der Waals surface area contributed by atoms with E-state index in [0.717, 1.165) is 12.5 Å². The maximum Gasteiger partial charge on any atom is 0.222 e. The van der Waals surface area contributed by atoms with Gasteiger partial charge in [-0.05, 0) is 38.4 Å². The number of nitrogens with zero attached hydrogens (tertiary/aromatic N) is 3. The second kappa shape index (κ2) is 6.17. The molecule has 2 rings (SSSR count). The molecule has 5 heteroatoms. The zero-order valence-electron chi connectivity index (χ0n) is 10.2. The normalized spacial score (nSPS) is 18.2. The first-order valence-electron chi connectivity index (χ1n) is 6.21. The van der Waals surface area contributed by atoms with Crippen molar-refractivity contribution in [1.29, 1.82) is 0 Å². The van der Waals surface area contributed by atoms with Crippen LogP contribution in [-0.4, -0.2) is 41.0 Å². The number of piperidine rings is 1. The van der Waals surface area contributed by atoms with Crippen molar-refractivity contribution in [2.45, 2.75) is 19.8 Å². The minimum absolute atomic E-state index is 0.576. The van der Waals surface area contributed by atoms with Gasteiger partial charge in [0.1, 0.15) is 0 Å². The van der Waals surface area contributed by atoms with Gasteiger partial charge >= 0.3 is 0 Å². The zero-order valence-corrected chi connectivity index (χ0v) is 11.0. The molecule has 0 spiro atoms. The van der Waals surface area contributed by atoms with E-state index in [1.807, 2.05) is 0 Å². The molecule has 0 radical (unpaired) electrons. The molecule has 1 saturated heterocycles. The quantitative estimate of drug-likeness (QED) is 0.895. The van der Waals surface area contributed by atoms with Crippen molar-refractivity contribution in [2.24, 2.45) is 5.92 Å². The third-order valence-electron chi connectivity index (χ3n) is 3.32. The molecule has 0 bridgehead atoms. The van der Waals surface area contributed by atoms with Gasteiger partial charge in [0.2, 0.25) is 5.95 Å². The smallest absolute Gasteiger partial charge is 0.222 e. The molecule has 2 heterocycles. The highest BCUT2D eigenvalue weighted by atomic mass is 35.5. The lowest BCUT2D eigenvalue weighted by Gasteiger charge is -2.30. The maximum absolute atomic E-state index is 5.73. The monoisotopic (exact) mass is 254 g/mol. The molecule has 94 valence electrons. The Morgan fingerprint density at radius 1 is 1.35 bits per heavy atom. The fraction of sp³-hybridized carbons (Fsp3) is 0.667. The van der Waals surface area contributed by atoms with Crippen molar-refractivity contribution < 1.29 is 0 Å². The van der Waals surface area contributed by atoms with Crippen molar-refractivity contribution in [1.82, 2.24) is 14.9 Å². The number of aromatic nitrogens is 2. The highest BCUT2D eigenvalue weighted by Crippen LogP contribution is 2.17. The van der Waals surface area contributed by atoms with Gasteiger partial charge in [-0.25, -0.2) is 9.97 Å². The highest BCUT2D eigenvalue weighted by molar-refractivity contribution is 6.30.